The lowest BCUT2D eigenvalue weighted by Gasteiger charge is -2.02. The summed E-state index contributed by atoms with van der Waals surface area (Å²) in [5.41, 5.74) is 1.47. The third kappa shape index (κ3) is 4.46. The van der Waals surface area contributed by atoms with Crippen LogP contribution in [0.3, 0.4) is 0 Å². The molecular weight excluding hydrogens is 260 g/mol. The van der Waals surface area contributed by atoms with Crippen molar-refractivity contribution in [2.24, 2.45) is 0 Å². The largest absolute Gasteiger partial charge is 0.476 e. The molecule has 19 heavy (non-hydrogen) atoms. The predicted molar refractivity (Wildman–Crippen MR) is 75.5 cm³/mol. The Morgan fingerprint density at radius 2 is 2.11 bits per heavy atom. The van der Waals surface area contributed by atoms with Crippen LogP contribution in [0, 0.1) is 0 Å². The van der Waals surface area contributed by atoms with Crippen LogP contribution < -0.4 is 5.32 Å². The first-order valence-corrected chi connectivity index (χ1v) is 7.06. The van der Waals surface area contributed by atoms with Gasteiger partial charge >= 0.3 is 5.97 Å². The number of nitrogens with one attached hydrogen (secondary N) is 1. The molecule has 0 amide bonds. The average molecular weight is 276 g/mol. The van der Waals surface area contributed by atoms with Crippen molar-refractivity contribution in [3.05, 3.63) is 52.0 Å². The number of nitrogens with zero attached hydrogens (tertiary/aromatic N) is 1. The van der Waals surface area contributed by atoms with Crippen molar-refractivity contribution in [1.82, 2.24) is 10.3 Å². The molecule has 0 saturated heterocycles. The second kappa shape index (κ2) is 7.01. The van der Waals surface area contributed by atoms with Gasteiger partial charge in [-0.15, -0.1) is 11.3 Å². The molecular formula is C14H16N2O2S. The molecule has 0 aliphatic rings. The lowest BCUT2D eigenvalue weighted by Crippen LogP contribution is -2.15. The summed E-state index contributed by atoms with van der Waals surface area (Å²) in [4.78, 5) is 14.7. The number of hydrogen-bond donors (Lipinski definition) is 2. The van der Waals surface area contributed by atoms with Crippen LogP contribution in [-0.4, -0.2) is 22.6 Å². The van der Waals surface area contributed by atoms with E-state index in [0.29, 0.717) is 6.54 Å². The Bertz CT molecular complexity index is 525. The summed E-state index contributed by atoms with van der Waals surface area (Å²) < 4.78 is 0. The molecule has 0 atom stereocenters. The molecule has 2 aromatic rings. The highest BCUT2D eigenvalue weighted by Crippen LogP contribution is 2.09. The number of carbonyl (C=O) groups is 1. The number of thiazole rings is 1. The molecule has 100 valence electrons. The van der Waals surface area contributed by atoms with E-state index in [2.05, 4.69) is 22.4 Å². The van der Waals surface area contributed by atoms with E-state index in [0.717, 1.165) is 24.4 Å². The van der Waals surface area contributed by atoms with Crippen LogP contribution in [0.4, 0.5) is 0 Å². The van der Waals surface area contributed by atoms with E-state index < -0.39 is 5.97 Å². The van der Waals surface area contributed by atoms with Crippen molar-refractivity contribution in [3.8, 4) is 0 Å². The Balaban J connectivity index is 1.65. The molecule has 0 aliphatic heterocycles. The summed E-state index contributed by atoms with van der Waals surface area (Å²) >= 11 is 1.38. The molecule has 4 nitrogen and oxygen atoms in total. The minimum Gasteiger partial charge on any atom is -0.476 e. The second-order valence-electron chi connectivity index (χ2n) is 4.20. The number of hydrogen-bond acceptors (Lipinski definition) is 4. The fraction of sp³-hybridized carbons (Fsp3) is 0.286. The monoisotopic (exact) mass is 276 g/mol. The molecule has 2 rings (SSSR count). The molecule has 5 heteroatoms. The Morgan fingerprint density at radius 1 is 1.32 bits per heavy atom. The highest BCUT2D eigenvalue weighted by molar-refractivity contribution is 7.09. The smallest absolute Gasteiger partial charge is 0.355 e. The highest BCUT2D eigenvalue weighted by Gasteiger charge is 2.07. The molecule has 2 N–H and O–H groups in total. The van der Waals surface area contributed by atoms with Crippen LogP contribution in [0.25, 0.3) is 0 Å². The van der Waals surface area contributed by atoms with Crippen molar-refractivity contribution in [2.75, 3.05) is 6.54 Å². The van der Waals surface area contributed by atoms with E-state index in [1.807, 2.05) is 18.2 Å². The van der Waals surface area contributed by atoms with Gasteiger partial charge in [0.05, 0.1) is 0 Å². The van der Waals surface area contributed by atoms with Crippen LogP contribution in [-0.2, 0) is 13.0 Å². The zero-order chi connectivity index (χ0) is 13.5. The van der Waals surface area contributed by atoms with E-state index in [4.69, 9.17) is 5.11 Å². The first-order chi connectivity index (χ1) is 9.25. The van der Waals surface area contributed by atoms with Gasteiger partial charge in [-0.2, -0.15) is 0 Å². The third-order valence-corrected chi connectivity index (χ3v) is 3.56. The van der Waals surface area contributed by atoms with E-state index in [1.165, 1.54) is 16.9 Å². The molecule has 0 unspecified atom stereocenters. The van der Waals surface area contributed by atoms with Crippen LogP contribution in [0.5, 0.6) is 0 Å². The minimum absolute atomic E-state index is 0.131. The maximum Gasteiger partial charge on any atom is 0.355 e. The van der Waals surface area contributed by atoms with Gasteiger partial charge in [0.2, 0.25) is 0 Å². The lowest BCUT2D eigenvalue weighted by atomic mass is 10.1. The fourth-order valence-corrected chi connectivity index (χ4v) is 2.49. The molecule has 1 aromatic heterocycles. The van der Waals surface area contributed by atoms with Gasteiger partial charge in [0, 0.05) is 11.9 Å². The predicted octanol–water partition coefficient (Wildman–Crippen LogP) is 2.56. The van der Waals surface area contributed by atoms with Crippen LogP contribution in [0.1, 0.15) is 27.5 Å². The number of aryl methyl sites for hydroxylation is 1. The summed E-state index contributed by atoms with van der Waals surface area (Å²) in [6.07, 6.45) is 2.10. The van der Waals surface area contributed by atoms with E-state index in [-0.39, 0.29) is 5.69 Å². The number of rotatable bonds is 7. The number of aromatic carboxylic acids is 1. The highest BCUT2D eigenvalue weighted by atomic mass is 32.1. The first kappa shape index (κ1) is 13.7. The van der Waals surface area contributed by atoms with Gasteiger partial charge in [0.15, 0.2) is 5.69 Å². The Kier molecular flexibility index (Phi) is 5.06. The van der Waals surface area contributed by atoms with Gasteiger partial charge in [0.25, 0.3) is 0 Å². The van der Waals surface area contributed by atoms with Crippen molar-refractivity contribution in [2.45, 2.75) is 19.4 Å². The summed E-state index contributed by atoms with van der Waals surface area (Å²) in [5.74, 6) is -0.966. The molecule has 0 spiro atoms. The Morgan fingerprint density at radius 3 is 2.79 bits per heavy atom. The second-order valence-corrected chi connectivity index (χ2v) is 5.14. The van der Waals surface area contributed by atoms with E-state index in [9.17, 15) is 4.79 Å². The first-order valence-electron chi connectivity index (χ1n) is 6.18. The average Bonchev–Trinajstić information content (AvgIpc) is 2.89. The summed E-state index contributed by atoms with van der Waals surface area (Å²) in [5, 5.41) is 14.4. The molecule has 0 aliphatic carbocycles. The standard InChI is InChI=1S/C14H16N2O2S/c17-14(18)12-10-19-13(16-12)9-15-8-4-7-11-5-2-1-3-6-11/h1-3,5-6,10,15H,4,7-9H2,(H,17,18). The summed E-state index contributed by atoms with van der Waals surface area (Å²) in [7, 11) is 0. The van der Waals surface area contributed by atoms with Crippen molar-refractivity contribution in [3.63, 3.8) is 0 Å². The zero-order valence-electron chi connectivity index (χ0n) is 10.5. The summed E-state index contributed by atoms with van der Waals surface area (Å²) in [6.45, 7) is 1.53. The number of carboxylic acids is 1. The summed E-state index contributed by atoms with van der Waals surface area (Å²) in [6, 6.07) is 10.4. The Labute approximate surface area is 116 Å². The van der Waals surface area contributed by atoms with Crippen molar-refractivity contribution in [1.29, 1.82) is 0 Å². The van der Waals surface area contributed by atoms with Crippen molar-refractivity contribution < 1.29 is 9.90 Å². The van der Waals surface area contributed by atoms with Gasteiger partial charge in [-0.05, 0) is 24.9 Å². The van der Waals surface area contributed by atoms with Gasteiger partial charge in [-0.25, -0.2) is 9.78 Å². The fourth-order valence-electron chi connectivity index (χ4n) is 1.75. The maximum absolute atomic E-state index is 10.7. The third-order valence-electron chi connectivity index (χ3n) is 2.71. The maximum atomic E-state index is 10.7. The number of benzene rings is 1. The molecule has 0 saturated carbocycles. The topological polar surface area (TPSA) is 62.2 Å². The molecule has 1 aromatic carbocycles. The van der Waals surface area contributed by atoms with Crippen molar-refractivity contribution >= 4 is 17.3 Å². The minimum atomic E-state index is -0.966. The quantitative estimate of drug-likeness (QED) is 0.763. The molecule has 0 fully saturated rings. The number of carboxylic acid groups (broad SMARTS) is 1. The van der Waals surface area contributed by atoms with Gasteiger partial charge < -0.3 is 10.4 Å². The molecule has 0 radical (unpaired) electrons. The lowest BCUT2D eigenvalue weighted by molar-refractivity contribution is 0.0691. The zero-order valence-corrected chi connectivity index (χ0v) is 11.3. The SMILES string of the molecule is O=C(O)c1csc(CNCCCc2ccccc2)n1. The van der Waals surface area contributed by atoms with E-state index >= 15 is 0 Å². The molecule has 1 heterocycles. The number of aromatic nitrogens is 1. The van der Waals surface area contributed by atoms with Gasteiger partial charge in [-0.3, -0.25) is 0 Å². The van der Waals surface area contributed by atoms with Crippen LogP contribution in [0.2, 0.25) is 0 Å². The normalized spacial score (nSPS) is 10.5. The van der Waals surface area contributed by atoms with E-state index in [1.54, 1.807) is 5.38 Å². The van der Waals surface area contributed by atoms with Crippen LogP contribution in [0.15, 0.2) is 35.7 Å². The molecule has 0 bridgehead atoms. The van der Waals surface area contributed by atoms with Gasteiger partial charge in [-0.1, -0.05) is 30.3 Å². The van der Waals surface area contributed by atoms with Crippen LogP contribution >= 0.6 is 11.3 Å². The van der Waals surface area contributed by atoms with Gasteiger partial charge in [0.1, 0.15) is 5.01 Å². The Hall–Kier alpha value is -1.72.